The molecule has 1 aromatic rings. The molecular formula is C6H9N3O2S. The van der Waals surface area contributed by atoms with Gasteiger partial charge in [0.1, 0.15) is 0 Å². The highest BCUT2D eigenvalue weighted by Crippen LogP contribution is 1.95. The smallest absolute Gasteiger partial charge is 0.272 e. The Hall–Kier alpha value is -1.01. The molecule has 0 radical (unpaired) electrons. The van der Waals surface area contributed by atoms with Crippen molar-refractivity contribution in [1.82, 2.24) is 14.9 Å². The van der Waals surface area contributed by atoms with Crippen LogP contribution in [0, 0.1) is 0 Å². The van der Waals surface area contributed by atoms with Crippen LogP contribution in [-0.2, 0) is 0 Å². The first-order chi connectivity index (χ1) is 5.70. The molecule has 0 unspecified atom stereocenters. The number of amides is 1. The predicted octanol–water partition coefficient (Wildman–Crippen LogP) is -0.351. The molecule has 0 bridgehead atoms. The van der Waals surface area contributed by atoms with Gasteiger partial charge >= 0.3 is 0 Å². The number of aromatic nitrogens is 2. The molecule has 5 nitrogen and oxygen atoms in total. The lowest BCUT2D eigenvalue weighted by Crippen LogP contribution is -2.30. The Bertz CT molecular complexity index is 247. The molecule has 0 aromatic carbocycles. The Kier molecular flexibility index (Phi) is 3.12. The number of rotatable bonds is 3. The average molecular weight is 187 g/mol. The SMILES string of the molecule is C[C@@H](O)CNC(=O)c1csnn1. The van der Waals surface area contributed by atoms with Crippen molar-refractivity contribution in [2.75, 3.05) is 6.54 Å². The van der Waals surface area contributed by atoms with E-state index in [4.69, 9.17) is 5.11 Å². The number of nitrogens with zero attached hydrogens (tertiary/aromatic N) is 2. The molecule has 2 N–H and O–H groups in total. The topological polar surface area (TPSA) is 75.1 Å². The number of aliphatic hydroxyl groups is 1. The fourth-order valence-electron chi connectivity index (χ4n) is 0.595. The van der Waals surface area contributed by atoms with E-state index in [-0.39, 0.29) is 12.5 Å². The summed E-state index contributed by atoms with van der Waals surface area (Å²) in [7, 11) is 0. The van der Waals surface area contributed by atoms with E-state index in [1.165, 1.54) is 0 Å². The molecule has 0 spiro atoms. The number of hydrogen-bond donors (Lipinski definition) is 2. The Labute approximate surface area is 73.6 Å². The molecule has 6 heteroatoms. The maximum absolute atomic E-state index is 11.1. The molecule has 1 atom stereocenters. The van der Waals surface area contributed by atoms with Gasteiger partial charge in [0.25, 0.3) is 5.91 Å². The van der Waals surface area contributed by atoms with E-state index in [2.05, 4.69) is 14.9 Å². The van der Waals surface area contributed by atoms with E-state index in [0.717, 1.165) is 11.5 Å². The summed E-state index contributed by atoms with van der Waals surface area (Å²) >= 11 is 1.12. The Balaban J connectivity index is 2.40. The summed E-state index contributed by atoms with van der Waals surface area (Å²) in [6, 6.07) is 0. The van der Waals surface area contributed by atoms with Gasteiger partial charge in [-0.05, 0) is 18.5 Å². The normalized spacial score (nSPS) is 12.5. The summed E-state index contributed by atoms with van der Waals surface area (Å²) in [6.07, 6.45) is -0.541. The zero-order valence-corrected chi connectivity index (χ0v) is 7.34. The van der Waals surface area contributed by atoms with Crippen LogP contribution in [0.25, 0.3) is 0 Å². The van der Waals surface area contributed by atoms with Crippen molar-refractivity contribution < 1.29 is 9.90 Å². The van der Waals surface area contributed by atoms with Gasteiger partial charge in [0.05, 0.1) is 6.10 Å². The molecule has 1 aromatic heterocycles. The number of aliphatic hydroxyl groups excluding tert-OH is 1. The van der Waals surface area contributed by atoms with Crippen LogP contribution in [0.1, 0.15) is 17.4 Å². The van der Waals surface area contributed by atoms with E-state index in [9.17, 15) is 4.79 Å². The van der Waals surface area contributed by atoms with Gasteiger partial charge in [0.2, 0.25) is 0 Å². The molecule has 12 heavy (non-hydrogen) atoms. The first-order valence-corrected chi connectivity index (χ1v) is 4.27. The summed E-state index contributed by atoms with van der Waals surface area (Å²) in [5, 5.41) is 16.5. The van der Waals surface area contributed by atoms with E-state index in [1.807, 2.05) is 0 Å². The molecule has 66 valence electrons. The molecular weight excluding hydrogens is 178 g/mol. The van der Waals surface area contributed by atoms with Crippen LogP contribution in [0.15, 0.2) is 5.38 Å². The number of nitrogens with one attached hydrogen (secondary N) is 1. The molecule has 1 rings (SSSR count). The zero-order valence-electron chi connectivity index (χ0n) is 6.52. The lowest BCUT2D eigenvalue weighted by Gasteiger charge is -2.03. The highest BCUT2D eigenvalue weighted by atomic mass is 32.1. The van der Waals surface area contributed by atoms with Crippen molar-refractivity contribution in [2.45, 2.75) is 13.0 Å². The fourth-order valence-corrected chi connectivity index (χ4v) is 1.03. The third-order valence-corrected chi connectivity index (χ3v) is 1.66. The Morgan fingerprint density at radius 1 is 1.92 bits per heavy atom. The summed E-state index contributed by atoms with van der Waals surface area (Å²) in [5.74, 6) is -0.301. The second-order valence-corrected chi connectivity index (χ2v) is 2.96. The van der Waals surface area contributed by atoms with Crippen molar-refractivity contribution in [3.8, 4) is 0 Å². The number of carbonyl (C=O) groups is 1. The monoisotopic (exact) mass is 187 g/mol. The van der Waals surface area contributed by atoms with Gasteiger partial charge in [-0.15, -0.1) is 5.10 Å². The summed E-state index contributed by atoms with van der Waals surface area (Å²) in [6.45, 7) is 1.83. The maximum Gasteiger partial charge on any atom is 0.272 e. The second-order valence-electron chi connectivity index (χ2n) is 2.35. The summed E-state index contributed by atoms with van der Waals surface area (Å²) < 4.78 is 3.54. The fraction of sp³-hybridized carbons (Fsp3) is 0.500. The molecule has 0 aliphatic rings. The van der Waals surface area contributed by atoms with Gasteiger partial charge in [-0.3, -0.25) is 4.79 Å². The van der Waals surface area contributed by atoms with E-state index < -0.39 is 6.10 Å². The van der Waals surface area contributed by atoms with Crippen molar-refractivity contribution in [2.24, 2.45) is 0 Å². The largest absolute Gasteiger partial charge is 0.392 e. The van der Waals surface area contributed by atoms with Gasteiger partial charge in [0.15, 0.2) is 5.69 Å². The van der Waals surface area contributed by atoms with Crippen molar-refractivity contribution >= 4 is 17.4 Å². The third-order valence-electron chi connectivity index (χ3n) is 1.15. The first-order valence-electron chi connectivity index (χ1n) is 3.43. The minimum absolute atomic E-state index is 0.232. The van der Waals surface area contributed by atoms with Gasteiger partial charge < -0.3 is 10.4 Å². The second kappa shape index (κ2) is 4.13. The lowest BCUT2D eigenvalue weighted by atomic mass is 10.4. The van der Waals surface area contributed by atoms with Crippen LogP contribution >= 0.6 is 11.5 Å². The first kappa shape index (κ1) is 9.08. The average Bonchev–Trinajstić information content (AvgIpc) is 2.51. The Morgan fingerprint density at radius 3 is 3.17 bits per heavy atom. The number of hydrogen-bond acceptors (Lipinski definition) is 5. The van der Waals surface area contributed by atoms with E-state index >= 15 is 0 Å². The Morgan fingerprint density at radius 2 is 2.67 bits per heavy atom. The van der Waals surface area contributed by atoms with Gasteiger partial charge in [-0.2, -0.15) is 0 Å². The van der Waals surface area contributed by atoms with E-state index in [1.54, 1.807) is 12.3 Å². The minimum atomic E-state index is -0.541. The minimum Gasteiger partial charge on any atom is -0.392 e. The van der Waals surface area contributed by atoms with Gasteiger partial charge in [0, 0.05) is 11.9 Å². The van der Waals surface area contributed by atoms with Crippen LogP contribution in [-0.4, -0.2) is 33.2 Å². The van der Waals surface area contributed by atoms with Crippen molar-refractivity contribution in [3.05, 3.63) is 11.1 Å². The number of carbonyl (C=O) groups excluding carboxylic acids is 1. The van der Waals surface area contributed by atoms with Gasteiger partial charge in [-0.1, -0.05) is 4.49 Å². The van der Waals surface area contributed by atoms with Crippen LogP contribution in [0.3, 0.4) is 0 Å². The molecule has 0 fully saturated rings. The molecule has 1 amide bonds. The molecule has 0 saturated carbocycles. The van der Waals surface area contributed by atoms with Crippen LogP contribution in [0.2, 0.25) is 0 Å². The molecule has 0 aliphatic carbocycles. The zero-order chi connectivity index (χ0) is 8.97. The molecule has 1 heterocycles. The third kappa shape index (κ3) is 2.55. The van der Waals surface area contributed by atoms with Gasteiger partial charge in [-0.25, -0.2) is 0 Å². The van der Waals surface area contributed by atoms with Crippen molar-refractivity contribution in [3.63, 3.8) is 0 Å². The quantitative estimate of drug-likeness (QED) is 0.678. The summed E-state index contributed by atoms with van der Waals surface area (Å²) in [5.41, 5.74) is 0.292. The van der Waals surface area contributed by atoms with Crippen LogP contribution in [0.4, 0.5) is 0 Å². The lowest BCUT2D eigenvalue weighted by molar-refractivity contribution is 0.0919. The molecule has 0 saturated heterocycles. The summed E-state index contributed by atoms with van der Waals surface area (Å²) in [4.78, 5) is 11.1. The van der Waals surface area contributed by atoms with Crippen LogP contribution < -0.4 is 5.32 Å². The van der Waals surface area contributed by atoms with E-state index in [0.29, 0.717) is 5.69 Å². The maximum atomic E-state index is 11.1. The van der Waals surface area contributed by atoms with Crippen molar-refractivity contribution in [1.29, 1.82) is 0 Å². The molecule has 0 aliphatic heterocycles. The standard InChI is InChI=1S/C6H9N3O2S/c1-4(10)2-7-6(11)5-3-12-9-8-5/h3-4,10H,2H2,1H3,(H,7,11)/t4-/m1/s1. The highest BCUT2D eigenvalue weighted by molar-refractivity contribution is 7.03. The predicted molar refractivity (Wildman–Crippen MR) is 43.9 cm³/mol. The van der Waals surface area contributed by atoms with Crippen LogP contribution in [0.5, 0.6) is 0 Å². The highest BCUT2D eigenvalue weighted by Gasteiger charge is 2.08.